The predicted molar refractivity (Wildman–Crippen MR) is 251 cm³/mol. The van der Waals surface area contributed by atoms with Gasteiger partial charge in [-0.3, -0.25) is 0 Å². The fraction of sp³-hybridized carbons (Fsp3) is 0.200. The second kappa shape index (κ2) is 15.2. The number of hydrogen-bond donors (Lipinski definition) is 2. The summed E-state index contributed by atoms with van der Waals surface area (Å²) in [5, 5.41) is 14.7. The van der Waals surface area contributed by atoms with Crippen molar-refractivity contribution in [1.29, 1.82) is 0 Å². The van der Waals surface area contributed by atoms with Gasteiger partial charge in [-0.05, 0) is 60.0 Å². The molecule has 67 heavy (non-hydrogen) atoms. The van der Waals surface area contributed by atoms with Crippen molar-refractivity contribution in [3.8, 4) is 55.9 Å². The molecule has 0 amide bonds. The number of aromatic nitrogens is 10. The van der Waals surface area contributed by atoms with Gasteiger partial charge in [-0.15, -0.1) is 0 Å². The molecule has 6 aromatic heterocycles. The van der Waals surface area contributed by atoms with E-state index in [1.165, 1.54) is 27.0 Å². The summed E-state index contributed by atoms with van der Waals surface area (Å²) >= 11 is 7.39. The molecule has 10 aromatic rings. The highest BCUT2D eigenvalue weighted by Crippen LogP contribution is 2.44. The largest absolute Gasteiger partial charge is 0.416 e. The number of benzene rings is 4. The van der Waals surface area contributed by atoms with Gasteiger partial charge in [0.25, 0.3) is 0 Å². The van der Waals surface area contributed by atoms with Crippen LogP contribution in [0, 0.1) is 12.7 Å². The topological polar surface area (TPSA) is 152 Å². The summed E-state index contributed by atoms with van der Waals surface area (Å²) < 4.78 is 60.7. The average molecular weight is 923 g/mol. The number of fused-ring (bicyclic) bond motifs is 6. The first-order chi connectivity index (χ1) is 31.7. The van der Waals surface area contributed by atoms with Crippen LogP contribution in [-0.4, -0.2) is 49.1 Å². The van der Waals surface area contributed by atoms with E-state index in [2.05, 4.69) is 20.4 Å². The molecule has 0 fully saturated rings. The fourth-order valence-electron chi connectivity index (χ4n) is 8.51. The Morgan fingerprint density at radius 3 is 1.58 bits per heavy atom. The normalized spacial score (nSPS) is 12.6. The van der Waals surface area contributed by atoms with Crippen molar-refractivity contribution in [3.63, 3.8) is 0 Å². The Morgan fingerprint density at radius 1 is 0.552 bits per heavy atom. The van der Waals surface area contributed by atoms with Gasteiger partial charge in [0.05, 0.1) is 32.7 Å². The van der Waals surface area contributed by atoms with Crippen molar-refractivity contribution in [3.05, 3.63) is 152 Å². The van der Waals surface area contributed by atoms with Crippen LogP contribution in [0.2, 0.25) is 5.02 Å². The van der Waals surface area contributed by atoms with Gasteiger partial charge in [0.15, 0.2) is 22.6 Å². The molecule has 0 aliphatic rings. The summed E-state index contributed by atoms with van der Waals surface area (Å²) in [7, 11) is 0. The second-order valence-electron chi connectivity index (χ2n) is 18.5. The fourth-order valence-corrected chi connectivity index (χ4v) is 8.83. The van der Waals surface area contributed by atoms with Gasteiger partial charge in [0, 0.05) is 44.2 Å². The van der Waals surface area contributed by atoms with Gasteiger partial charge in [-0.2, -0.15) is 23.4 Å². The van der Waals surface area contributed by atoms with E-state index >= 15 is 4.39 Å². The zero-order valence-corrected chi connectivity index (χ0v) is 37.8. The molecule has 0 radical (unpaired) electrons. The van der Waals surface area contributed by atoms with E-state index in [1.807, 2.05) is 78.8 Å². The molecule has 0 spiro atoms. The monoisotopic (exact) mass is 922 g/mol. The highest BCUT2D eigenvalue weighted by molar-refractivity contribution is 6.36. The maximum Gasteiger partial charge on any atom is 0.416 e. The van der Waals surface area contributed by atoms with Crippen LogP contribution in [0.1, 0.15) is 64.3 Å². The Kier molecular flexibility index (Phi) is 9.85. The number of hydrogen-bond acceptors (Lipinski definition) is 8. The number of pyridine rings is 2. The van der Waals surface area contributed by atoms with Gasteiger partial charge in [0.2, 0.25) is 0 Å². The van der Waals surface area contributed by atoms with E-state index < -0.39 is 39.8 Å². The standard InChI is InChI=1S/C50H39ClF4N10O2/c1-24-11-8-9-12-28(24)38-32(23-35-40(56-38)58-44(48(2,3)4)65-43(35)61-63-47(65)67)26-17-20-36(52)33(21-26)29-13-10-14-30(37(29)51)39-31(25-15-18-27(19-16-25)50(53,54)55)22-34-41(57-39)59-45(49(5,6)7)64-42(34)60-62-46(64)66/h8-23H,1-7H3,(H,62,66)(H,63,67). The van der Waals surface area contributed by atoms with Crippen molar-refractivity contribution in [2.45, 2.75) is 65.5 Å². The lowest BCUT2D eigenvalue weighted by Crippen LogP contribution is -2.25. The first-order valence-electron chi connectivity index (χ1n) is 21.2. The summed E-state index contributed by atoms with van der Waals surface area (Å²) in [5.41, 5.74) is 3.28. The molecule has 0 bridgehead atoms. The van der Waals surface area contributed by atoms with Gasteiger partial charge in [-0.25, -0.2) is 52.9 Å². The summed E-state index contributed by atoms with van der Waals surface area (Å²) in [4.78, 5) is 46.2. The summed E-state index contributed by atoms with van der Waals surface area (Å²) in [6.07, 6.45) is -4.59. The highest BCUT2D eigenvalue weighted by Gasteiger charge is 2.31. The number of aromatic amines is 2. The maximum absolute atomic E-state index is 16.5. The predicted octanol–water partition coefficient (Wildman–Crippen LogP) is 11.3. The Morgan fingerprint density at radius 2 is 1.04 bits per heavy atom. The molecule has 2 N–H and O–H groups in total. The molecule has 0 aliphatic carbocycles. The summed E-state index contributed by atoms with van der Waals surface area (Å²) in [6.45, 7) is 13.5. The third-order valence-electron chi connectivity index (χ3n) is 11.8. The van der Waals surface area contributed by atoms with Gasteiger partial charge >= 0.3 is 17.6 Å². The number of aryl methyl sites for hydroxylation is 1. The van der Waals surface area contributed by atoms with E-state index in [4.69, 9.17) is 31.5 Å². The van der Waals surface area contributed by atoms with Crippen LogP contribution in [-0.2, 0) is 17.0 Å². The second-order valence-corrected chi connectivity index (χ2v) is 18.9. The van der Waals surface area contributed by atoms with Gasteiger partial charge < -0.3 is 0 Å². The van der Waals surface area contributed by atoms with Crippen LogP contribution in [0.4, 0.5) is 17.6 Å². The van der Waals surface area contributed by atoms with Crippen LogP contribution in [0.15, 0.2) is 107 Å². The van der Waals surface area contributed by atoms with Crippen molar-refractivity contribution in [2.75, 3.05) is 0 Å². The maximum atomic E-state index is 16.5. The molecule has 336 valence electrons. The Balaban J connectivity index is 1.21. The molecule has 0 atom stereocenters. The zero-order valence-electron chi connectivity index (χ0n) is 37.0. The van der Waals surface area contributed by atoms with Crippen LogP contribution in [0.3, 0.4) is 0 Å². The summed E-state index contributed by atoms with van der Waals surface area (Å²) in [6, 6.07) is 25.6. The number of nitrogens with zero attached hydrogens (tertiary/aromatic N) is 8. The number of halogens is 5. The van der Waals surface area contributed by atoms with Crippen LogP contribution in [0.5, 0.6) is 0 Å². The minimum Gasteiger partial charge on any atom is -0.246 e. The van der Waals surface area contributed by atoms with Crippen LogP contribution >= 0.6 is 11.6 Å². The third kappa shape index (κ3) is 7.22. The highest BCUT2D eigenvalue weighted by atomic mass is 35.5. The molecule has 6 heterocycles. The van der Waals surface area contributed by atoms with E-state index in [0.29, 0.717) is 72.8 Å². The molecule has 0 saturated heterocycles. The number of rotatable bonds is 5. The van der Waals surface area contributed by atoms with E-state index in [-0.39, 0.29) is 27.6 Å². The van der Waals surface area contributed by atoms with Crippen molar-refractivity contribution < 1.29 is 17.6 Å². The molecular weight excluding hydrogens is 884 g/mol. The molecule has 12 nitrogen and oxygen atoms in total. The molecule has 17 heteroatoms. The Labute approximate surface area is 383 Å². The molecule has 0 saturated carbocycles. The average Bonchev–Trinajstić information content (AvgIpc) is 3.87. The number of H-pyrrole nitrogens is 2. The van der Waals surface area contributed by atoms with E-state index in [9.17, 15) is 22.8 Å². The minimum absolute atomic E-state index is 0.0963. The first kappa shape index (κ1) is 43.3. The van der Waals surface area contributed by atoms with Crippen LogP contribution < -0.4 is 11.4 Å². The van der Waals surface area contributed by atoms with Gasteiger partial charge in [0.1, 0.15) is 17.5 Å². The third-order valence-corrected chi connectivity index (χ3v) is 12.2. The van der Waals surface area contributed by atoms with Crippen LogP contribution in [0.25, 0.3) is 89.3 Å². The summed E-state index contributed by atoms with van der Waals surface area (Å²) in [5.74, 6) is 0.247. The molecule has 4 aromatic carbocycles. The molecule has 0 unspecified atom stereocenters. The lowest BCUT2D eigenvalue weighted by Gasteiger charge is -2.20. The molecular formula is C50H39ClF4N10O2. The Bertz CT molecular complexity index is 3800. The lowest BCUT2D eigenvalue weighted by molar-refractivity contribution is -0.137. The van der Waals surface area contributed by atoms with E-state index in [0.717, 1.165) is 23.3 Å². The van der Waals surface area contributed by atoms with Crippen molar-refractivity contribution in [1.82, 2.24) is 49.1 Å². The SMILES string of the molecule is Cc1ccccc1-c1nc2nc(C(C)(C)C)n3c(=O)[nH]nc3c2cc1-c1ccc(F)c(-c2cccc(-c3nc4nc(C(C)(C)C)n5c(=O)[nH]nc5c4cc3-c3ccc(C(F)(F)F)cc3)c2Cl)c1. The molecule has 10 rings (SSSR count). The van der Waals surface area contributed by atoms with E-state index in [1.54, 1.807) is 36.4 Å². The molecule has 0 aliphatic heterocycles. The van der Waals surface area contributed by atoms with Gasteiger partial charge in [-0.1, -0.05) is 114 Å². The minimum atomic E-state index is -4.59. The first-order valence-corrected chi connectivity index (χ1v) is 21.5. The van der Waals surface area contributed by atoms with Crippen molar-refractivity contribution >= 4 is 45.0 Å². The zero-order chi connectivity index (χ0) is 47.5. The lowest BCUT2D eigenvalue weighted by atomic mass is 9.91. The number of alkyl halides is 3. The van der Waals surface area contributed by atoms with Crippen molar-refractivity contribution in [2.24, 2.45) is 0 Å². The Hall–Kier alpha value is -7.59. The number of nitrogens with one attached hydrogen (secondary N) is 2. The quantitative estimate of drug-likeness (QED) is 0.162. The smallest absolute Gasteiger partial charge is 0.246 e.